The van der Waals surface area contributed by atoms with Crippen molar-refractivity contribution >= 4 is 11.9 Å². The zero-order valence-corrected chi connectivity index (χ0v) is 31.3. The lowest BCUT2D eigenvalue weighted by Crippen LogP contribution is -2.59. The second-order valence-electron chi connectivity index (χ2n) is 13.0. The van der Waals surface area contributed by atoms with Gasteiger partial charge in [-0.15, -0.1) is 0 Å². The molecule has 1 aliphatic rings. The molecule has 292 valence electrons. The Morgan fingerprint density at radius 3 is 1.73 bits per heavy atom. The van der Waals surface area contributed by atoms with Crippen LogP contribution >= 0.6 is 0 Å². The summed E-state index contributed by atoms with van der Waals surface area (Å²) in [4.78, 5) is 25.1. The number of carbonyl (C=O) groups is 2. The Balaban J connectivity index is 2.45. The molecule has 51 heavy (non-hydrogen) atoms. The summed E-state index contributed by atoms with van der Waals surface area (Å²) in [5.74, 6) is -0.884. The normalized spacial score (nSPS) is 21.9. The third kappa shape index (κ3) is 24.3. The average Bonchev–Trinajstić information content (AvgIpc) is 3.13. The van der Waals surface area contributed by atoms with Gasteiger partial charge in [-0.3, -0.25) is 9.59 Å². The molecule has 0 aromatic rings. The Morgan fingerprint density at radius 2 is 1.16 bits per heavy atom. The van der Waals surface area contributed by atoms with E-state index in [2.05, 4.69) is 68.5 Å². The van der Waals surface area contributed by atoms with Gasteiger partial charge in [0, 0.05) is 12.8 Å². The molecular formula is C41H68O10. The van der Waals surface area contributed by atoms with E-state index in [1.54, 1.807) is 0 Å². The van der Waals surface area contributed by atoms with Crippen molar-refractivity contribution < 1.29 is 49.0 Å². The van der Waals surface area contributed by atoms with E-state index in [9.17, 15) is 30.0 Å². The van der Waals surface area contributed by atoms with Gasteiger partial charge in [-0.25, -0.2) is 0 Å². The van der Waals surface area contributed by atoms with Crippen LogP contribution in [-0.4, -0.2) is 89.0 Å². The van der Waals surface area contributed by atoms with Crippen molar-refractivity contribution in [2.75, 3.05) is 19.8 Å². The molecular weight excluding hydrogens is 652 g/mol. The Bertz CT molecular complexity index is 1020. The molecule has 0 spiro atoms. The van der Waals surface area contributed by atoms with Crippen LogP contribution in [0.3, 0.4) is 0 Å². The topological polar surface area (TPSA) is 152 Å². The van der Waals surface area contributed by atoms with Gasteiger partial charge in [0.25, 0.3) is 0 Å². The number of ether oxygens (including phenoxy) is 4. The standard InChI is InChI=1S/C41H68O10/c1-3-5-7-9-11-13-14-15-16-17-18-19-20-22-24-26-28-30-37(44)50-34(33-49-41-40(47)39(46)38(45)35(31-42)51-41)32-48-36(43)29-27-25-23-21-12-10-8-6-4-2/h5,7,11,13,15-16,18-19,22,24,34-35,38-42,45-47H,3-4,6,8-10,12,14,17,20-21,23,25-33H2,1-2H3/b7-5+,13-11+,16-15+,19-18+,24-22+/t34-,35-,38+,39?,40?,41-/m1/s1. The second-order valence-corrected chi connectivity index (χ2v) is 13.0. The SMILES string of the molecule is CC/C=C/C/C=C/C/C=C/C/C=C/C/C=C/CCCC(=O)O[C@H](COC(=O)CCCCCCCCCCC)CO[C@@H]1O[C@H](CO)[C@H](O)C(O)C1O. The maximum atomic E-state index is 12.7. The van der Waals surface area contributed by atoms with Gasteiger partial charge in [0.15, 0.2) is 12.4 Å². The van der Waals surface area contributed by atoms with Crippen molar-refractivity contribution in [3.8, 4) is 0 Å². The molecule has 0 saturated carbocycles. The van der Waals surface area contributed by atoms with Gasteiger partial charge in [-0.2, -0.15) is 0 Å². The van der Waals surface area contributed by atoms with Gasteiger partial charge >= 0.3 is 11.9 Å². The Morgan fingerprint density at radius 1 is 0.627 bits per heavy atom. The fourth-order valence-corrected chi connectivity index (χ4v) is 5.34. The van der Waals surface area contributed by atoms with Gasteiger partial charge in [0.05, 0.1) is 13.2 Å². The first-order valence-corrected chi connectivity index (χ1v) is 19.4. The van der Waals surface area contributed by atoms with Gasteiger partial charge in [-0.1, -0.05) is 126 Å². The lowest BCUT2D eigenvalue weighted by atomic mass is 9.99. The van der Waals surface area contributed by atoms with E-state index in [-0.39, 0.29) is 26.1 Å². The Kier molecular flexibility index (Phi) is 29.2. The monoisotopic (exact) mass is 720 g/mol. The van der Waals surface area contributed by atoms with Gasteiger partial charge in [0.2, 0.25) is 0 Å². The molecule has 1 heterocycles. The van der Waals surface area contributed by atoms with Crippen LogP contribution in [0.15, 0.2) is 60.8 Å². The van der Waals surface area contributed by atoms with E-state index in [0.717, 1.165) is 57.8 Å². The number of esters is 2. The third-order valence-electron chi connectivity index (χ3n) is 8.42. The predicted octanol–water partition coefficient (Wildman–Crippen LogP) is 7.10. The summed E-state index contributed by atoms with van der Waals surface area (Å²) in [6.07, 6.45) is 29.6. The van der Waals surface area contributed by atoms with Crippen LogP contribution < -0.4 is 0 Å². The van der Waals surface area contributed by atoms with E-state index in [4.69, 9.17) is 18.9 Å². The number of hydrogen-bond acceptors (Lipinski definition) is 10. The molecule has 2 unspecified atom stereocenters. The molecule has 0 aromatic heterocycles. The number of carbonyl (C=O) groups excluding carboxylic acids is 2. The molecule has 10 heteroatoms. The van der Waals surface area contributed by atoms with E-state index < -0.39 is 55.4 Å². The summed E-state index contributed by atoms with van der Waals surface area (Å²) in [6, 6.07) is 0. The summed E-state index contributed by atoms with van der Waals surface area (Å²) in [5, 5.41) is 39.9. The van der Waals surface area contributed by atoms with Crippen LogP contribution in [-0.2, 0) is 28.5 Å². The van der Waals surface area contributed by atoms with Gasteiger partial charge in [0.1, 0.15) is 31.0 Å². The zero-order chi connectivity index (χ0) is 37.4. The number of aliphatic hydroxyl groups excluding tert-OH is 4. The maximum Gasteiger partial charge on any atom is 0.306 e. The summed E-state index contributed by atoms with van der Waals surface area (Å²) in [7, 11) is 0. The van der Waals surface area contributed by atoms with Crippen molar-refractivity contribution in [3.63, 3.8) is 0 Å². The third-order valence-corrected chi connectivity index (χ3v) is 8.42. The molecule has 0 bridgehead atoms. The molecule has 0 aromatic carbocycles. The molecule has 0 amide bonds. The van der Waals surface area contributed by atoms with Crippen molar-refractivity contribution in [2.45, 2.75) is 166 Å². The second kappa shape index (κ2) is 32.1. The van der Waals surface area contributed by atoms with Crippen LogP contribution in [0.1, 0.15) is 129 Å². The lowest BCUT2D eigenvalue weighted by molar-refractivity contribution is -0.305. The summed E-state index contributed by atoms with van der Waals surface area (Å²) >= 11 is 0. The van der Waals surface area contributed by atoms with Gasteiger partial charge < -0.3 is 39.4 Å². The molecule has 1 fully saturated rings. The first-order chi connectivity index (χ1) is 24.8. The first kappa shape index (κ1) is 46.4. The number of hydrogen-bond donors (Lipinski definition) is 4. The highest BCUT2D eigenvalue weighted by Gasteiger charge is 2.44. The minimum absolute atomic E-state index is 0.150. The molecule has 6 atom stereocenters. The van der Waals surface area contributed by atoms with E-state index >= 15 is 0 Å². The fraction of sp³-hybridized carbons (Fsp3) is 0.707. The summed E-state index contributed by atoms with van der Waals surface area (Å²) < 4.78 is 22.0. The van der Waals surface area contributed by atoms with Crippen LogP contribution in [0, 0.1) is 0 Å². The van der Waals surface area contributed by atoms with E-state index in [1.165, 1.54) is 32.1 Å². The molecule has 1 aliphatic heterocycles. The minimum atomic E-state index is -1.60. The molecule has 1 saturated heterocycles. The highest BCUT2D eigenvalue weighted by molar-refractivity contribution is 5.70. The van der Waals surface area contributed by atoms with Crippen molar-refractivity contribution in [1.29, 1.82) is 0 Å². The van der Waals surface area contributed by atoms with Crippen molar-refractivity contribution in [2.24, 2.45) is 0 Å². The van der Waals surface area contributed by atoms with Crippen molar-refractivity contribution in [1.82, 2.24) is 0 Å². The van der Waals surface area contributed by atoms with Crippen LogP contribution in [0.5, 0.6) is 0 Å². The molecule has 0 radical (unpaired) electrons. The molecule has 10 nitrogen and oxygen atoms in total. The smallest absolute Gasteiger partial charge is 0.306 e. The number of aliphatic hydroxyl groups is 4. The van der Waals surface area contributed by atoms with Crippen molar-refractivity contribution in [3.05, 3.63) is 60.8 Å². The van der Waals surface area contributed by atoms with Crippen LogP contribution in [0.4, 0.5) is 0 Å². The Hall–Kier alpha value is -2.60. The minimum Gasteiger partial charge on any atom is -0.462 e. The molecule has 4 N–H and O–H groups in total. The number of allylic oxidation sites excluding steroid dienone is 10. The zero-order valence-electron chi connectivity index (χ0n) is 31.3. The first-order valence-electron chi connectivity index (χ1n) is 19.4. The highest BCUT2D eigenvalue weighted by Crippen LogP contribution is 2.22. The maximum absolute atomic E-state index is 12.7. The lowest BCUT2D eigenvalue weighted by Gasteiger charge is -2.39. The van der Waals surface area contributed by atoms with Crippen LogP contribution in [0.2, 0.25) is 0 Å². The Labute approximate surface area is 307 Å². The van der Waals surface area contributed by atoms with E-state index in [1.807, 2.05) is 6.08 Å². The molecule has 0 aliphatic carbocycles. The van der Waals surface area contributed by atoms with Crippen LogP contribution in [0.25, 0.3) is 0 Å². The summed E-state index contributed by atoms with van der Waals surface area (Å²) in [6.45, 7) is 3.19. The number of unbranched alkanes of at least 4 members (excludes halogenated alkanes) is 9. The number of rotatable bonds is 30. The fourth-order valence-electron chi connectivity index (χ4n) is 5.34. The highest BCUT2D eigenvalue weighted by atomic mass is 16.7. The van der Waals surface area contributed by atoms with E-state index in [0.29, 0.717) is 12.8 Å². The predicted molar refractivity (Wildman–Crippen MR) is 201 cm³/mol. The quantitative estimate of drug-likeness (QED) is 0.0344. The summed E-state index contributed by atoms with van der Waals surface area (Å²) in [5.41, 5.74) is 0. The molecule has 1 rings (SSSR count). The average molecular weight is 721 g/mol. The van der Waals surface area contributed by atoms with Gasteiger partial charge in [-0.05, 0) is 51.4 Å². The largest absolute Gasteiger partial charge is 0.462 e.